The van der Waals surface area contributed by atoms with Gasteiger partial charge in [-0.25, -0.2) is 21.6 Å². The zero-order valence-electron chi connectivity index (χ0n) is 14.3. The standard InChI is InChI=1S/C16H22F3N3O2S.ClH/c17-13-1-2-14(16(19)15(13)18)25(23,24)22-9-7-21(8-10-22)11-12-3-5-20-6-4-12;/h1-2,12,20H,3-11H2;1H. The van der Waals surface area contributed by atoms with E-state index >= 15 is 0 Å². The van der Waals surface area contributed by atoms with Crippen LogP contribution in [0.25, 0.3) is 0 Å². The van der Waals surface area contributed by atoms with E-state index in [0.29, 0.717) is 25.1 Å². The smallest absolute Gasteiger partial charge is 0.246 e. The van der Waals surface area contributed by atoms with Gasteiger partial charge in [0.05, 0.1) is 0 Å². The van der Waals surface area contributed by atoms with Crippen LogP contribution in [0.5, 0.6) is 0 Å². The van der Waals surface area contributed by atoms with Crippen LogP contribution in [0.1, 0.15) is 12.8 Å². The van der Waals surface area contributed by atoms with Gasteiger partial charge in [0, 0.05) is 32.7 Å². The fraction of sp³-hybridized carbons (Fsp3) is 0.625. The number of hydrogen-bond donors (Lipinski definition) is 1. The maximum absolute atomic E-state index is 13.9. The Kier molecular flexibility index (Phi) is 7.32. The Bertz CT molecular complexity index is 722. The minimum atomic E-state index is -4.17. The second-order valence-electron chi connectivity index (χ2n) is 6.57. The largest absolute Gasteiger partial charge is 0.317 e. The second-order valence-corrected chi connectivity index (χ2v) is 8.48. The van der Waals surface area contributed by atoms with Crippen LogP contribution in [0.4, 0.5) is 13.2 Å². The van der Waals surface area contributed by atoms with E-state index in [-0.39, 0.29) is 25.5 Å². The van der Waals surface area contributed by atoms with Crippen molar-refractivity contribution in [3.63, 3.8) is 0 Å². The van der Waals surface area contributed by atoms with Crippen molar-refractivity contribution in [2.24, 2.45) is 5.92 Å². The molecule has 0 aliphatic carbocycles. The van der Waals surface area contributed by atoms with Gasteiger partial charge in [0.25, 0.3) is 0 Å². The van der Waals surface area contributed by atoms with E-state index < -0.39 is 32.4 Å². The maximum atomic E-state index is 13.9. The first-order valence-corrected chi connectivity index (χ1v) is 9.90. The molecule has 2 aliphatic heterocycles. The molecule has 2 fully saturated rings. The molecule has 5 nitrogen and oxygen atoms in total. The zero-order valence-corrected chi connectivity index (χ0v) is 15.9. The Morgan fingerprint density at radius 1 is 1.00 bits per heavy atom. The van der Waals surface area contributed by atoms with Gasteiger partial charge < -0.3 is 10.2 Å². The molecule has 2 aliphatic rings. The van der Waals surface area contributed by atoms with Gasteiger partial charge in [0.1, 0.15) is 4.90 Å². The van der Waals surface area contributed by atoms with Crippen molar-refractivity contribution < 1.29 is 21.6 Å². The number of hydrogen-bond acceptors (Lipinski definition) is 4. The molecule has 2 saturated heterocycles. The zero-order chi connectivity index (χ0) is 18.0. The van der Waals surface area contributed by atoms with E-state index in [1.54, 1.807) is 0 Å². The van der Waals surface area contributed by atoms with Gasteiger partial charge in [-0.05, 0) is 44.0 Å². The summed E-state index contributed by atoms with van der Waals surface area (Å²) in [6, 6.07) is 1.42. The number of rotatable bonds is 4. The van der Waals surface area contributed by atoms with E-state index in [1.165, 1.54) is 0 Å². The van der Waals surface area contributed by atoms with E-state index in [2.05, 4.69) is 10.2 Å². The highest BCUT2D eigenvalue weighted by atomic mass is 35.5. The summed E-state index contributed by atoms with van der Waals surface area (Å²) >= 11 is 0. The molecule has 26 heavy (non-hydrogen) atoms. The second kappa shape index (κ2) is 8.88. The molecule has 1 aromatic rings. The summed E-state index contributed by atoms with van der Waals surface area (Å²) < 4.78 is 66.5. The molecule has 148 valence electrons. The first-order valence-electron chi connectivity index (χ1n) is 8.46. The molecule has 10 heteroatoms. The lowest BCUT2D eigenvalue weighted by Crippen LogP contribution is -2.50. The number of benzene rings is 1. The van der Waals surface area contributed by atoms with Gasteiger partial charge in [-0.15, -0.1) is 12.4 Å². The van der Waals surface area contributed by atoms with Gasteiger partial charge in [-0.2, -0.15) is 4.31 Å². The summed E-state index contributed by atoms with van der Waals surface area (Å²) in [5.74, 6) is -4.21. The molecule has 3 rings (SSSR count). The quantitative estimate of drug-likeness (QED) is 0.765. The molecule has 1 N–H and O–H groups in total. The molecule has 0 unspecified atom stereocenters. The average molecular weight is 414 g/mol. The number of nitrogens with one attached hydrogen (secondary N) is 1. The summed E-state index contributed by atoms with van der Waals surface area (Å²) in [6.45, 7) is 4.47. The van der Waals surface area contributed by atoms with E-state index in [1.807, 2.05) is 0 Å². The number of sulfonamides is 1. The minimum Gasteiger partial charge on any atom is -0.317 e. The Morgan fingerprint density at radius 2 is 1.62 bits per heavy atom. The number of halogens is 4. The fourth-order valence-electron chi connectivity index (χ4n) is 3.43. The molecule has 0 bridgehead atoms. The molecule has 2 heterocycles. The molecule has 0 amide bonds. The van der Waals surface area contributed by atoms with Crippen LogP contribution in [0.3, 0.4) is 0 Å². The summed E-state index contributed by atoms with van der Waals surface area (Å²) in [4.78, 5) is 1.40. The van der Waals surface area contributed by atoms with Crippen LogP contribution < -0.4 is 5.32 Å². The highest BCUT2D eigenvalue weighted by Gasteiger charge is 2.33. The molecular formula is C16H23ClF3N3O2S. The van der Waals surface area contributed by atoms with Crippen LogP contribution >= 0.6 is 12.4 Å². The van der Waals surface area contributed by atoms with Gasteiger partial charge in [-0.3, -0.25) is 0 Å². The lowest BCUT2D eigenvalue weighted by molar-refractivity contribution is 0.152. The average Bonchev–Trinajstić information content (AvgIpc) is 2.61. The van der Waals surface area contributed by atoms with Crippen molar-refractivity contribution in [1.82, 2.24) is 14.5 Å². The molecule has 1 aromatic carbocycles. The van der Waals surface area contributed by atoms with Gasteiger partial charge in [0.2, 0.25) is 10.0 Å². The minimum absolute atomic E-state index is 0. The molecule has 0 saturated carbocycles. The van der Waals surface area contributed by atoms with Gasteiger partial charge in [-0.1, -0.05) is 0 Å². The Balaban J connectivity index is 0.00000243. The lowest BCUT2D eigenvalue weighted by Gasteiger charge is -2.36. The van der Waals surface area contributed by atoms with Crippen molar-refractivity contribution in [1.29, 1.82) is 0 Å². The highest BCUT2D eigenvalue weighted by molar-refractivity contribution is 7.89. The Morgan fingerprint density at radius 3 is 2.23 bits per heavy atom. The Labute approximate surface area is 158 Å². The van der Waals surface area contributed by atoms with Crippen LogP contribution in [0, 0.1) is 23.4 Å². The third kappa shape index (κ3) is 4.51. The van der Waals surface area contributed by atoms with Crippen LogP contribution in [0.15, 0.2) is 17.0 Å². The van der Waals surface area contributed by atoms with Crippen molar-refractivity contribution >= 4 is 22.4 Å². The normalized spacial score (nSPS) is 20.7. The van der Waals surface area contributed by atoms with Gasteiger partial charge >= 0.3 is 0 Å². The molecule has 0 spiro atoms. The molecular weight excluding hydrogens is 391 g/mol. The van der Waals surface area contributed by atoms with E-state index in [9.17, 15) is 21.6 Å². The summed E-state index contributed by atoms with van der Waals surface area (Å²) in [6.07, 6.45) is 2.22. The number of nitrogens with zero attached hydrogens (tertiary/aromatic N) is 2. The molecule has 0 radical (unpaired) electrons. The summed E-state index contributed by atoms with van der Waals surface area (Å²) in [5.41, 5.74) is 0. The lowest BCUT2D eigenvalue weighted by atomic mass is 9.97. The van der Waals surface area contributed by atoms with Crippen LogP contribution in [-0.2, 0) is 10.0 Å². The highest BCUT2D eigenvalue weighted by Crippen LogP contribution is 2.24. The monoisotopic (exact) mass is 413 g/mol. The fourth-order valence-corrected chi connectivity index (χ4v) is 4.91. The predicted molar refractivity (Wildman–Crippen MR) is 94.4 cm³/mol. The first-order chi connectivity index (χ1) is 11.9. The number of piperidine rings is 1. The van der Waals surface area contributed by atoms with Crippen LogP contribution in [-0.4, -0.2) is 63.4 Å². The molecule has 0 atom stereocenters. The van der Waals surface area contributed by atoms with Crippen molar-refractivity contribution in [3.8, 4) is 0 Å². The third-order valence-corrected chi connectivity index (χ3v) is 6.84. The first kappa shape index (κ1) is 21.4. The topological polar surface area (TPSA) is 52.7 Å². The predicted octanol–water partition coefficient (Wildman–Crippen LogP) is 1.83. The summed E-state index contributed by atoms with van der Waals surface area (Å²) in [7, 11) is -4.17. The SMILES string of the molecule is Cl.O=S(=O)(c1ccc(F)c(F)c1F)N1CCN(CC2CCNCC2)CC1. The number of piperazine rings is 1. The maximum Gasteiger partial charge on any atom is 0.246 e. The van der Waals surface area contributed by atoms with Crippen molar-refractivity contribution in [2.75, 3.05) is 45.8 Å². The van der Waals surface area contributed by atoms with E-state index in [0.717, 1.165) is 42.8 Å². The Hall–Kier alpha value is -0.870. The van der Waals surface area contributed by atoms with Crippen molar-refractivity contribution in [3.05, 3.63) is 29.6 Å². The third-order valence-electron chi connectivity index (χ3n) is 4.92. The van der Waals surface area contributed by atoms with Gasteiger partial charge in [0.15, 0.2) is 17.5 Å². The van der Waals surface area contributed by atoms with Crippen molar-refractivity contribution in [2.45, 2.75) is 17.7 Å². The van der Waals surface area contributed by atoms with Crippen LogP contribution in [0.2, 0.25) is 0 Å². The van der Waals surface area contributed by atoms with E-state index in [4.69, 9.17) is 0 Å². The molecule has 0 aromatic heterocycles. The summed E-state index contributed by atoms with van der Waals surface area (Å²) in [5, 5.41) is 3.31.